The summed E-state index contributed by atoms with van der Waals surface area (Å²) in [6, 6.07) is 18.8. The molecule has 2 saturated heterocycles. The van der Waals surface area contributed by atoms with E-state index in [9.17, 15) is 19.2 Å². The average molecular weight is 777 g/mol. The first-order chi connectivity index (χ1) is 27.3. The number of nitrogens with zero attached hydrogens (tertiary/aromatic N) is 4. The van der Waals surface area contributed by atoms with Crippen molar-refractivity contribution < 1.29 is 28.7 Å². The van der Waals surface area contributed by atoms with Crippen LogP contribution in [0.4, 0.5) is 9.59 Å². The van der Waals surface area contributed by atoms with Crippen LogP contribution in [0.5, 0.6) is 0 Å². The van der Waals surface area contributed by atoms with Crippen molar-refractivity contribution >= 4 is 46.1 Å². The van der Waals surface area contributed by atoms with Gasteiger partial charge in [-0.1, -0.05) is 71.0 Å². The number of ether oxygens (including phenoxy) is 2. The molecule has 14 heteroatoms. The highest BCUT2D eigenvalue weighted by molar-refractivity contribution is 5.88. The quantitative estimate of drug-likeness (QED) is 0.116. The third-order valence-electron chi connectivity index (χ3n) is 11.3. The number of carbonyl (C=O) groups is 4. The molecule has 2 fully saturated rings. The Morgan fingerprint density at radius 2 is 1.14 bits per heavy atom. The zero-order valence-corrected chi connectivity index (χ0v) is 33.6. The molecule has 14 nitrogen and oxygen atoms in total. The number of alkyl carbamates (subject to hydrolysis) is 2. The van der Waals surface area contributed by atoms with E-state index in [-0.39, 0.29) is 41.7 Å². The maximum absolute atomic E-state index is 13.8. The van der Waals surface area contributed by atoms with Gasteiger partial charge in [0.2, 0.25) is 11.8 Å². The predicted molar refractivity (Wildman–Crippen MR) is 217 cm³/mol. The Kier molecular flexibility index (Phi) is 11.2. The Labute approximate surface area is 332 Å². The minimum Gasteiger partial charge on any atom is -0.453 e. The number of amides is 4. The molecule has 4 amide bonds. The van der Waals surface area contributed by atoms with Crippen molar-refractivity contribution in [1.82, 2.24) is 40.4 Å². The van der Waals surface area contributed by atoms with Gasteiger partial charge in [-0.2, -0.15) is 0 Å². The molecule has 5 atom stereocenters. The topological polar surface area (TPSA) is 175 Å². The Balaban J connectivity index is 1.07. The van der Waals surface area contributed by atoms with E-state index in [0.29, 0.717) is 13.1 Å². The molecule has 0 bridgehead atoms. The highest BCUT2D eigenvalue weighted by atomic mass is 16.5. The summed E-state index contributed by atoms with van der Waals surface area (Å²) < 4.78 is 9.56. The van der Waals surface area contributed by atoms with Gasteiger partial charge in [0.1, 0.15) is 23.7 Å². The van der Waals surface area contributed by atoms with Gasteiger partial charge >= 0.3 is 12.2 Å². The van der Waals surface area contributed by atoms with Crippen molar-refractivity contribution in [1.29, 1.82) is 0 Å². The molecule has 0 saturated carbocycles. The highest BCUT2D eigenvalue weighted by Crippen LogP contribution is 2.37. The number of benzene rings is 3. The molecule has 2 aromatic heterocycles. The number of rotatable bonds is 10. The lowest BCUT2D eigenvalue weighted by molar-refractivity contribution is -0.136. The molecule has 2 aliphatic rings. The third kappa shape index (κ3) is 8.03. The molecule has 5 aromatic rings. The van der Waals surface area contributed by atoms with Crippen LogP contribution in [0.15, 0.2) is 60.7 Å². The van der Waals surface area contributed by atoms with E-state index in [1.807, 2.05) is 49.6 Å². The number of fused-ring (bicyclic) bond motifs is 2. The summed E-state index contributed by atoms with van der Waals surface area (Å²) in [5.41, 5.74) is 7.53. The normalized spacial score (nSPS) is 19.4. The fourth-order valence-corrected chi connectivity index (χ4v) is 8.20. The molecule has 300 valence electrons. The molecule has 0 radical (unpaired) electrons. The van der Waals surface area contributed by atoms with Crippen molar-refractivity contribution in [3.05, 3.63) is 72.3 Å². The Hall–Kier alpha value is -5.92. The van der Waals surface area contributed by atoms with Crippen molar-refractivity contribution in [2.75, 3.05) is 27.3 Å². The van der Waals surface area contributed by atoms with Gasteiger partial charge < -0.3 is 39.9 Å². The van der Waals surface area contributed by atoms with Crippen molar-refractivity contribution in [3.63, 3.8) is 0 Å². The van der Waals surface area contributed by atoms with Crippen molar-refractivity contribution in [2.24, 2.45) is 17.8 Å². The number of nitrogens with one attached hydrogen (secondary N) is 4. The molecule has 57 heavy (non-hydrogen) atoms. The van der Waals surface area contributed by atoms with E-state index < -0.39 is 24.3 Å². The number of imidazole rings is 2. The largest absolute Gasteiger partial charge is 0.453 e. The van der Waals surface area contributed by atoms with Gasteiger partial charge in [-0.15, -0.1) is 0 Å². The van der Waals surface area contributed by atoms with Crippen LogP contribution >= 0.6 is 0 Å². The fourth-order valence-electron chi connectivity index (χ4n) is 8.20. The van der Waals surface area contributed by atoms with Gasteiger partial charge in [0, 0.05) is 13.1 Å². The zero-order chi connectivity index (χ0) is 40.5. The summed E-state index contributed by atoms with van der Waals surface area (Å²) in [7, 11) is 2.59. The van der Waals surface area contributed by atoms with Crippen molar-refractivity contribution in [2.45, 2.75) is 78.0 Å². The molecule has 0 aliphatic carbocycles. The van der Waals surface area contributed by atoms with E-state index in [4.69, 9.17) is 19.4 Å². The van der Waals surface area contributed by atoms with E-state index in [2.05, 4.69) is 76.1 Å². The number of aromatic nitrogens is 4. The van der Waals surface area contributed by atoms with Gasteiger partial charge in [0.05, 0.1) is 48.4 Å². The molecule has 3 aromatic carbocycles. The molecule has 7 rings (SSSR count). The number of likely N-dealkylation sites (tertiary alicyclic amines) is 2. The second-order valence-corrected chi connectivity index (χ2v) is 16.0. The average Bonchev–Trinajstić information content (AvgIpc) is 4.02. The fraction of sp³-hybridized carbons (Fsp3) is 0.442. The summed E-state index contributed by atoms with van der Waals surface area (Å²) >= 11 is 0. The maximum Gasteiger partial charge on any atom is 0.407 e. The summed E-state index contributed by atoms with van der Waals surface area (Å²) in [6.45, 7) is 10.9. The second kappa shape index (κ2) is 16.3. The SMILES string of the molecule is COC(=O)NC(C(=O)N1C[C@@H](C)C[C@H]1c1nc2cc(-c3ccc(-c4ccc5[nH]c([C@@H]6CCCN6C(=O)[C@@H](NC(=O)OC)C(C)C)nc5c4)cc3)ccc2[nH]1)C(C)C. The lowest BCUT2D eigenvalue weighted by Gasteiger charge is -2.30. The smallest absolute Gasteiger partial charge is 0.407 e. The van der Waals surface area contributed by atoms with E-state index >= 15 is 0 Å². The number of aromatic amines is 2. The van der Waals surface area contributed by atoms with Gasteiger partial charge in [-0.05, 0) is 83.5 Å². The summed E-state index contributed by atoms with van der Waals surface area (Å²) in [5.74, 6) is 1.23. The number of hydrogen-bond acceptors (Lipinski definition) is 8. The van der Waals surface area contributed by atoms with Crippen LogP contribution in [-0.2, 0) is 19.1 Å². The number of methoxy groups -OCH3 is 2. The predicted octanol–water partition coefficient (Wildman–Crippen LogP) is 7.11. The number of H-pyrrole nitrogens is 2. The van der Waals surface area contributed by atoms with Crippen LogP contribution in [0, 0.1) is 17.8 Å². The monoisotopic (exact) mass is 776 g/mol. The molecule has 0 spiro atoms. The van der Waals surface area contributed by atoms with E-state index in [1.54, 1.807) is 0 Å². The molecular weight excluding hydrogens is 725 g/mol. The molecule has 4 heterocycles. The number of carbonyl (C=O) groups excluding carboxylic acids is 4. The Morgan fingerprint density at radius 3 is 1.61 bits per heavy atom. The van der Waals surface area contributed by atoms with Gasteiger partial charge in [-0.25, -0.2) is 19.6 Å². The number of hydrogen-bond donors (Lipinski definition) is 4. The summed E-state index contributed by atoms with van der Waals surface area (Å²) in [4.78, 5) is 71.9. The zero-order valence-electron chi connectivity index (χ0n) is 33.6. The van der Waals surface area contributed by atoms with E-state index in [0.717, 1.165) is 75.2 Å². The molecule has 2 aliphatic heterocycles. The lowest BCUT2D eigenvalue weighted by atomic mass is 10.00. The van der Waals surface area contributed by atoms with Crippen LogP contribution in [-0.4, -0.2) is 93.1 Å². The minimum absolute atomic E-state index is 0.109. The Bertz CT molecular complexity index is 2280. The van der Waals surface area contributed by atoms with Gasteiger partial charge in [0.25, 0.3) is 0 Å². The first kappa shape index (κ1) is 39.3. The molecular formula is C43H52N8O6. The van der Waals surface area contributed by atoms with Crippen LogP contribution in [0.2, 0.25) is 0 Å². The van der Waals surface area contributed by atoms with Crippen LogP contribution < -0.4 is 10.6 Å². The highest BCUT2D eigenvalue weighted by Gasteiger charge is 2.41. The van der Waals surface area contributed by atoms with Gasteiger partial charge in [-0.3, -0.25) is 9.59 Å². The third-order valence-corrected chi connectivity index (χ3v) is 11.3. The second-order valence-electron chi connectivity index (χ2n) is 16.0. The lowest BCUT2D eigenvalue weighted by Crippen LogP contribution is -2.51. The summed E-state index contributed by atoms with van der Waals surface area (Å²) in [6.07, 6.45) is 1.14. The molecule has 4 N–H and O–H groups in total. The standard InChI is InChI=1S/C43H52N8O6/c1-23(2)36(48-42(54)56-6)40(52)50-18-8-9-34(50)38-44-30-16-14-28(20-32(30)46-38)26-10-12-27(13-11-26)29-15-17-31-33(21-29)47-39(45-31)35-19-25(5)22-51(35)41(53)37(24(3)4)49-43(55)57-7/h10-17,20-21,23-25,34-37H,8-9,18-19,22H2,1-7H3,(H,44,46)(H,45,47)(H,48,54)(H,49,55)/t25-,34-,35-,36-,37?/m0/s1. The Morgan fingerprint density at radius 1 is 0.684 bits per heavy atom. The van der Waals surface area contributed by atoms with Crippen LogP contribution in [0.3, 0.4) is 0 Å². The molecule has 1 unspecified atom stereocenters. The first-order valence-electron chi connectivity index (χ1n) is 19.7. The van der Waals surface area contributed by atoms with Crippen molar-refractivity contribution in [3.8, 4) is 22.3 Å². The minimum atomic E-state index is -0.704. The van der Waals surface area contributed by atoms with Crippen LogP contribution in [0.25, 0.3) is 44.3 Å². The first-order valence-corrected chi connectivity index (χ1v) is 19.7. The summed E-state index contributed by atoms with van der Waals surface area (Å²) in [5, 5.41) is 5.43. The van der Waals surface area contributed by atoms with Crippen LogP contribution in [0.1, 0.15) is 77.6 Å². The van der Waals surface area contributed by atoms with E-state index in [1.165, 1.54) is 14.2 Å². The van der Waals surface area contributed by atoms with Gasteiger partial charge in [0.15, 0.2) is 0 Å². The maximum atomic E-state index is 13.8.